The first-order chi connectivity index (χ1) is 14.6. The molecule has 0 saturated heterocycles. The third-order valence-corrected chi connectivity index (χ3v) is 5.15. The summed E-state index contributed by atoms with van der Waals surface area (Å²) in [6, 6.07) is 20.5. The van der Waals surface area contributed by atoms with Gasteiger partial charge in [-0.2, -0.15) is 0 Å². The lowest BCUT2D eigenvalue weighted by Crippen LogP contribution is -2.11. The zero-order valence-electron chi connectivity index (χ0n) is 16.1. The van der Waals surface area contributed by atoms with E-state index >= 15 is 0 Å². The second-order valence-corrected chi connectivity index (χ2v) is 7.29. The Labute approximate surface area is 177 Å². The van der Waals surface area contributed by atoms with Crippen molar-refractivity contribution in [2.45, 2.75) is 0 Å². The highest BCUT2D eigenvalue weighted by Crippen LogP contribution is 2.28. The van der Waals surface area contributed by atoms with Crippen LogP contribution in [0.1, 0.15) is 10.4 Å². The fourth-order valence-corrected chi connectivity index (χ4v) is 3.53. The number of nitrogens with one attached hydrogen (secondary N) is 2. The molecule has 0 aliphatic heterocycles. The Morgan fingerprint density at radius 2 is 1.60 bits per heavy atom. The number of thiazole rings is 1. The minimum absolute atomic E-state index is 0.190. The molecule has 0 aliphatic rings. The monoisotopic (exact) mass is 419 g/mol. The van der Waals surface area contributed by atoms with Gasteiger partial charge >= 0.3 is 0 Å². The van der Waals surface area contributed by atoms with Crippen LogP contribution < -0.4 is 15.4 Å². The van der Waals surface area contributed by atoms with Crippen LogP contribution in [0, 0.1) is 5.82 Å². The Balaban J connectivity index is 1.41. The second-order valence-electron chi connectivity index (χ2n) is 6.43. The van der Waals surface area contributed by atoms with E-state index < -0.39 is 0 Å². The molecule has 0 radical (unpaired) electrons. The maximum Gasteiger partial charge on any atom is 0.255 e. The van der Waals surface area contributed by atoms with Gasteiger partial charge < -0.3 is 15.4 Å². The van der Waals surface area contributed by atoms with Crippen LogP contribution in [0.15, 0.2) is 78.2 Å². The van der Waals surface area contributed by atoms with Crippen molar-refractivity contribution < 1.29 is 13.9 Å². The van der Waals surface area contributed by atoms with E-state index in [9.17, 15) is 9.18 Å². The molecular weight excluding hydrogens is 401 g/mol. The molecule has 0 spiro atoms. The van der Waals surface area contributed by atoms with Crippen molar-refractivity contribution in [3.8, 4) is 17.0 Å². The average molecular weight is 419 g/mol. The first-order valence-electron chi connectivity index (χ1n) is 9.15. The van der Waals surface area contributed by atoms with E-state index in [0.29, 0.717) is 22.1 Å². The van der Waals surface area contributed by atoms with E-state index in [4.69, 9.17) is 4.74 Å². The van der Waals surface area contributed by atoms with Gasteiger partial charge in [-0.25, -0.2) is 9.37 Å². The van der Waals surface area contributed by atoms with Crippen LogP contribution in [0.2, 0.25) is 0 Å². The number of amides is 1. The lowest BCUT2D eigenvalue weighted by molar-refractivity contribution is 0.102. The van der Waals surface area contributed by atoms with E-state index in [0.717, 1.165) is 16.9 Å². The maximum atomic E-state index is 13.0. The molecule has 1 aromatic heterocycles. The summed E-state index contributed by atoms with van der Waals surface area (Å²) in [5.41, 5.74) is 3.77. The standard InChI is InChI=1S/C23H18FN3O2S/c1-29-20-12-4-16(5-13-20)22(28)25-18-8-2-15(3-9-18)21-14-30-23(27-21)26-19-10-6-17(24)7-11-19/h2-14H,1H3,(H,25,28)(H,26,27). The zero-order valence-corrected chi connectivity index (χ0v) is 16.9. The summed E-state index contributed by atoms with van der Waals surface area (Å²) in [6.07, 6.45) is 0. The van der Waals surface area contributed by atoms with Crippen LogP contribution in [0.5, 0.6) is 5.75 Å². The lowest BCUT2D eigenvalue weighted by Gasteiger charge is -2.07. The molecule has 4 rings (SSSR count). The van der Waals surface area contributed by atoms with Gasteiger partial charge in [0.25, 0.3) is 5.91 Å². The number of ether oxygens (including phenoxy) is 1. The molecule has 2 N–H and O–H groups in total. The highest BCUT2D eigenvalue weighted by atomic mass is 32.1. The molecule has 4 aromatic rings. The van der Waals surface area contributed by atoms with Crippen molar-refractivity contribution in [3.63, 3.8) is 0 Å². The number of anilines is 3. The van der Waals surface area contributed by atoms with Gasteiger partial charge in [0.15, 0.2) is 5.13 Å². The largest absolute Gasteiger partial charge is 0.497 e. The van der Waals surface area contributed by atoms with Gasteiger partial charge in [0.1, 0.15) is 11.6 Å². The third-order valence-electron chi connectivity index (χ3n) is 4.39. The molecule has 3 aromatic carbocycles. The van der Waals surface area contributed by atoms with Crippen molar-refractivity contribution in [2.24, 2.45) is 0 Å². The average Bonchev–Trinajstić information content (AvgIpc) is 3.24. The van der Waals surface area contributed by atoms with Crippen LogP contribution in [0.25, 0.3) is 11.3 Å². The van der Waals surface area contributed by atoms with Crippen molar-refractivity contribution >= 4 is 33.8 Å². The Morgan fingerprint density at radius 3 is 2.27 bits per heavy atom. The van der Waals surface area contributed by atoms with Gasteiger partial charge in [0.05, 0.1) is 12.8 Å². The summed E-state index contributed by atoms with van der Waals surface area (Å²) in [7, 11) is 1.58. The second kappa shape index (κ2) is 8.75. The Bertz CT molecular complexity index is 1140. The number of hydrogen-bond donors (Lipinski definition) is 2. The highest BCUT2D eigenvalue weighted by molar-refractivity contribution is 7.14. The molecule has 150 valence electrons. The number of nitrogens with zero attached hydrogens (tertiary/aromatic N) is 1. The van der Waals surface area contributed by atoms with Crippen LogP contribution in [0.3, 0.4) is 0 Å². The van der Waals surface area contributed by atoms with Gasteiger partial charge in [-0.3, -0.25) is 4.79 Å². The Hall–Kier alpha value is -3.71. The summed E-state index contributed by atoms with van der Waals surface area (Å²) in [6.45, 7) is 0. The van der Waals surface area contributed by atoms with Crippen LogP contribution in [-0.2, 0) is 0 Å². The fraction of sp³-hybridized carbons (Fsp3) is 0.0435. The SMILES string of the molecule is COc1ccc(C(=O)Nc2ccc(-c3csc(Nc4ccc(F)cc4)n3)cc2)cc1. The molecule has 0 fully saturated rings. The first kappa shape index (κ1) is 19.6. The van der Waals surface area contributed by atoms with Gasteiger partial charge in [-0.15, -0.1) is 11.3 Å². The third kappa shape index (κ3) is 4.64. The number of carbonyl (C=O) groups is 1. The number of aromatic nitrogens is 1. The molecule has 0 bridgehead atoms. The van der Waals surface area contributed by atoms with Crippen molar-refractivity contribution in [3.05, 3.63) is 89.6 Å². The predicted octanol–water partition coefficient (Wildman–Crippen LogP) is 5.95. The summed E-state index contributed by atoms with van der Waals surface area (Å²) in [5.74, 6) is 0.233. The molecule has 7 heteroatoms. The molecule has 1 heterocycles. The van der Waals surface area contributed by atoms with E-state index in [1.165, 1.54) is 23.5 Å². The van der Waals surface area contributed by atoms with Crippen molar-refractivity contribution in [1.82, 2.24) is 4.98 Å². The minimum Gasteiger partial charge on any atom is -0.497 e. The molecular formula is C23H18FN3O2S. The quantitative estimate of drug-likeness (QED) is 0.405. The zero-order chi connectivity index (χ0) is 20.9. The van der Waals surface area contributed by atoms with E-state index in [-0.39, 0.29) is 11.7 Å². The number of rotatable bonds is 6. The maximum absolute atomic E-state index is 13.0. The number of hydrogen-bond acceptors (Lipinski definition) is 5. The van der Waals surface area contributed by atoms with Crippen molar-refractivity contribution in [1.29, 1.82) is 0 Å². The van der Waals surface area contributed by atoms with Gasteiger partial charge in [0, 0.05) is 27.9 Å². The lowest BCUT2D eigenvalue weighted by atomic mass is 10.1. The first-order valence-corrected chi connectivity index (χ1v) is 10.0. The van der Waals surface area contributed by atoms with Crippen LogP contribution in [0.4, 0.5) is 20.9 Å². The topological polar surface area (TPSA) is 63.2 Å². The number of carbonyl (C=O) groups excluding carboxylic acids is 1. The van der Waals surface area contributed by atoms with Gasteiger partial charge in [0.2, 0.25) is 0 Å². The highest BCUT2D eigenvalue weighted by Gasteiger charge is 2.08. The van der Waals surface area contributed by atoms with Crippen LogP contribution in [-0.4, -0.2) is 18.0 Å². The minimum atomic E-state index is -0.278. The van der Waals surface area contributed by atoms with E-state index in [2.05, 4.69) is 15.6 Å². The molecule has 30 heavy (non-hydrogen) atoms. The van der Waals surface area contributed by atoms with E-state index in [1.807, 2.05) is 29.6 Å². The van der Waals surface area contributed by atoms with Crippen molar-refractivity contribution in [2.75, 3.05) is 17.7 Å². The van der Waals surface area contributed by atoms with Gasteiger partial charge in [-0.1, -0.05) is 12.1 Å². The predicted molar refractivity (Wildman–Crippen MR) is 118 cm³/mol. The summed E-state index contributed by atoms with van der Waals surface area (Å²) >= 11 is 1.46. The molecule has 0 aliphatic carbocycles. The molecule has 0 atom stereocenters. The number of halogens is 1. The molecule has 1 amide bonds. The number of methoxy groups -OCH3 is 1. The normalized spacial score (nSPS) is 10.5. The molecule has 0 unspecified atom stereocenters. The smallest absolute Gasteiger partial charge is 0.255 e. The molecule has 5 nitrogen and oxygen atoms in total. The Morgan fingerprint density at radius 1 is 0.933 bits per heavy atom. The van der Waals surface area contributed by atoms with E-state index in [1.54, 1.807) is 43.5 Å². The van der Waals surface area contributed by atoms with Crippen LogP contribution >= 0.6 is 11.3 Å². The van der Waals surface area contributed by atoms with Gasteiger partial charge in [-0.05, 0) is 60.7 Å². The fourth-order valence-electron chi connectivity index (χ4n) is 2.79. The Kier molecular flexibility index (Phi) is 5.72. The number of benzene rings is 3. The summed E-state index contributed by atoms with van der Waals surface area (Å²) in [5, 5.41) is 8.69. The molecule has 0 saturated carbocycles. The summed E-state index contributed by atoms with van der Waals surface area (Å²) in [4.78, 5) is 16.9. The summed E-state index contributed by atoms with van der Waals surface area (Å²) < 4.78 is 18.1.